The highest BCUT2D eigenvalue weighted by Gasteiger charge is 2.35. The molecule has 2 aromatic rings. The van der Waals surface area contributed by atoms with Crippen molar-refractivity contribution in [3.05, 3.63) is 42.0 Å². The number of rotatable bonds is 3. The zero-order valence-electron chi connectivity index (χ0n) is 10.4. The molecule has 2 aliphatic rings. The SMILES string of the molecule is O=C(CN1C(=O)c2cccc3cccc1c23)C1CC1. The Morgan fingerprint density at radius 2 is 1.89 bits per heavy atom. The van der Waals surface area contributed by atoms with E-state index in [0.29, 0.717) is 0 Å². The van der Waals surface area contributed by atoms with Gasteiger partial charge in [0.2, 0.25) is 0 Å². The first-order chi connectivity index (χ1) is 9.25. The number of ketones is 1. The molecule has 0 unspecified atom stereocenters. The number of hydrogen-bond acceptors (Lipinski definition) is 2. The Kier molecular flexibility index (Phi) is 2.07. The number of carbonyl (C=O) groups excluding carboxylic acids is 2. The quantitative estimate of drug-likeness (QED) is 0.841. The van der Waals surface area contributed by atoms with Crippen molar-refractivity contribution in [2.24, 2.45) is 5.92 Å². The molecular weight excluding hydrogens is 238 g/mol. The lowest BCUT2D eigenvalue weighted by atomic mass is 10.1. The van der Waals surface area contributed by atoms with Crippen molar-refractivity contribution in [3.63, 3.8) is 0 Å². The molecule has 1 aliphatic heterocycles. The van der Waals surface area contributed by atoms with Crippen LogP contribution in [-0.4, -0.2) is 18.2 Å². The molecule has 0 aromatic heterocycles. The molecule has 0 atom stereocenters. The van der Waals surface area contributed by atoms with Crippen molar-refractivity contribution in [2.45, 2.75) is 12.8 Å². The van der Waals surface area contributed by atoms with Crippen LogP contribution in [0.3, 0.4) is 0 Å². The monoisotopic (exact) mass is 251 g/mol. The molecule has 1 saturated carbocycles. The van der Waals surface area contributed by atoms with Crippen molar-refractivity contribution >= 4 is 28.2 Å². The van der Waals surface area contributed by atoms with Gasteiger partial charge in [-0.15, -0.1) is 0 Å². The highest BCUT2D eigenvalue weighted by atomic mass is 16.2. The van der Waals surface area contributed by atoms with Gasteiger partial charge in [-0.25, -0.2) is 0 Å². The lowest BCUT2D eigenvalue weighted by molar-refractivity contribution is -0.118. The topological polar surface area (TPSA) is 37.4 Å². The lowest BCUT2D eigenvalue weighted by Gasteiger charge is -2.16. The van der Waals surface area contributed by atoms with Crippen molar-refractivity contribution in [2.75, 3.05) is 11.4 Å². The van der Waals surface area contributed by atoms with E-state index in [2.05, 4.69) is 0 Å². The summed E-state index contributed by atoms with van der Waals surface area (Å²) in [7, 11) is 0. The summed E-state index contributed by atoms with van der Waals surface area (Å²) in [5.41, 5.74) is 1.60. The molecule has 0 bridgehead atoms. The van der Waals surface area contributed by atoms with Crippen LogP contribution in [0, 0.1) is 5.92 Å². The van der Waals surface area contributed by atoms with E-state index in [1.165, 1.54) is 0 Å². The molecule has 94 valence electrons. The standard InChI is InChI=1S/C16H13NO2/c18-14(10-7-8-10)9-17-13-6-2-4-11-3-1-5-12(15(11)13)16(17)19/h1-6,10H,7-9H2. The van der Waals surface area contributed by atoms with Crippen molar-refractivity contribution in [3.8, 4) is 0 Å². The van der Waals surface area contributed by atoms with Gasteiger partial charge < -0.3 is 4.90 Å². The molecule has 0 spiro atoms. The summed E-state index contributed by atoms with van der Waals surface area (Å²) in [4.78, 5) is 26.1. The fourth-order valence-electron chi connectivity index (χ4n) is 2.83. The second kappa shape index (κ2) is 3.67. The van der Waals surface area contributed by atoms with Crippen LogP contribution < -0.4 is 4.90 Å². The van der Waals surface area contributed by atoms with Crippen LogP contribution in [0.5, 0.6) is 0 Å². The molecule has 19 heavy (non-hydrogen) atoms. The number of anilines is 1. The summed E-state index contributed by atoms with van der Waals surface area (Å²) in [6, 6.07) is 11.6. The molecule has 4 rings (SSSR count). The number of benzene rings is 2. The zero-order valence-corrected chi connectivity index (χ0v) is 10.4. The Morgan fingerprint density at radius 1 is 1.16 bits per heavy atom. The lowest BCUT2D eigenvalue weighted by Crippen LogP contribution is -2.33. The van der Waals surface area contributed by atoms with Gasteiger partial charge in [-0.2, -0.15) is 0 Å². The van der Waals surface area contributed by atoms with E-state index in [1.807, 2.05) is 36.4 Å². The molecule has 1 amide bonds. The maximum atomic E-state index is 12.4. The van der Waals surface area contributed by atoms with Crippen LogP contribution in [0.4, 0.5) is 5.69 Å². The van der Waals surface area contributed by atoms with Crippen LogP contribution in [0.15, 0.2) is 36.4 Å². The van der Waals surface area contributed by atoms with Gasteiger partial charge in [0, 0.05) is 16.9 Å². The van der Waals surface area contributed by atoms with Gasteiger partial charge in [0.15, 0.2) is 5.78 Å². The maximum Gasteiger partial charge on any atom is 0.259 e. The van der Waals surface area contributed by atoms with Crippen LogP contribution in [-0.2, 0) is 4.79 Å². The summed E-state index contributed by atoms with van der Waals surface area (Å²) < 4.78 is 0. The van der Waals surface area contributed by atoms with E-state index in [-0.39, 0.29) is 24.2 Å². The second-order valence-electron chi connectivity index (χ2n) is 5.31. The Bertz CT molecular complexity index is 711. The van der Waals surface area contributed by atoms with Crippen LogP contribution in [0.25, 0.3) is 10.8 Å². The molecule has 1 heterocycles. The normalized spacial score (nSPS) is 17.3. The smallest absolute Gasteiger partial charge is 0.259 e. The first kappa shape index (κ1) is 10.7. The van der Waals surface area contributed by atoms with Crippen molar-refractivity contribution < 1.29 is 9.59 Å². The van der Waals surface area contributed by atoms with Gasteiger partial charge in [-0.3, -0.25) is 9.59 Å². The average Bonchev–Trinajstić information content (AvgIpc) is 3.24. The molecule has 3 heteroatoms. The van der Waals surface area contributed by atoms with Crippen molar-refractivity contribution in [1.82, 2.24) is 0 Å². The number of hydrogen-bond donors (Lipinski definition) is 0. The van der Waals surface area contributed by atoms with Gasteiger partial charge in [0.05, 0.1) is 12.2 Å². The molecule has 0 N–H and O–H groups in total. The summed E-state index contributed by atoms with van der Waals surface area (Å²) in [5, 5.41) is 2.04. The number of amides is 1. The zero-order chi connectivity index (χ0) is 13.0. The summed E-state index contributed by atoms with van der Waals surface area (Å²) in [5.74, 6) is 0.342. The average molecular weight is 251 g/mol. The minimum Gasteiger partial charge on any atom is -0.300 e. The summed E-state index contributed by atoms with van der Waals surface area (Å²) in [6.07, 6.45) is 1.97. The Hall–Kier alpha value is -2.16. The predicted octanol–water partition coefficient (Wildman–Crippen LogP) is 2.78. The first-order valence-corrected chi connectivity index (χ1v) is 6.62. The van der Waals surface area contributed by atoms with Crippen LogP contribution >= 0.6 is 0 Å². The minimum absolute atomic E-state index is 0.0409. The Balaban J connectivity index is 1.81. The van der Waals surface area contributed by atoms with Crippen LogP contribution in [0.1, 0.15) is 23.2 Å². The first-order valence-electron chi connectivity index (χ1n) is 6.62. The number of Topliss-reactive ketones (excluding diaryl/α,β-unsaturated/α-hetero) is 1. The predicted molar refractivity (Wildman–Crippen MR) is 73.4 cm³/mol. The van der Waals surface area contributed by atoms with Gasteiger partial charge in [0.25, 0.3) is 5.91 Å². The molecule has 1 aliphatic carbocycles. The van der Waals surface area contributed by atoms with E-state index in [9.17, 15) is 9.59 Å². The third kappa shape index (κ3) is 1.51. The fraction of sp³-hybridized carbons (Fsp3) is 0.250. The Morgan fingerprint density at radius 3 is 2.63 bits per heavy atom. The van der Waals surface area contributed by atoms with Crippen molar-refractivity contribution in [1.29, 1.82) is 0 Å². The second-order valence-corrected chi connectivity index (χ2v) is 5.31. The fourth-order valence-corrected chi connectivity index (χ4v) is 2.83. The molecule has 0 saturated heterocycles. The number of carbonyl (C=O) groups is 2. The Labute approximate surface area is 110 Å². The maximum absolute atomic E-state index is 12.4. The van der Waals surface area contributed by atoms with E-state index >= 15 is 0 Å². The summed E-state index contributed by atoms with van der Waals surface area (Å²) >= 11 is 0. The molecule has 0 radical (unpaired) electrons. The highest BCUT2D eigenvalue weighted by molar-refractivity contribution is 6.26. The largest absolute Gasteiger partial charge is 0.300 e. The van der Waals surface area contributed by atoms with E-state index in [1.54, 1.807) is 4.90 Å². The highest BCUT2D eigenvalue weighted by Crippen LogP contribution is 2.38. The molecule has 1 fully saturated rings. The molecule has 2 aromatic carbocycles. The van der Waals surface area contributed by atoms with Crippen LogP contribution in [0.2, 0.25) is 0 Å². The molecule has 3 nitrogen and oxygen atoms in total. The van der Waals surface area contributed by atoms with Gasteiger partial charge in [0.1, 0.15) is 0 Å². The summed E-state index contributed by atoms with van der Waals surface area (Å²) in [6.45, 7) is 0.220. The van der Waals surface area contributed by atoms with E-state index in [0.717, 1.165) is 34.9 Å². The third-order valence-electron chi connectivity index (χ3n) is 4.00. The van der Waals surface area contributed by atoms with E-state index in [4.69, 9.17) is 0 Å². The van der Waals surface area contributed by atoms with Gasteiger partial charge in [-0.1, -0.05) is 24.3 Å². The number of nitrogens with zero attached hydrogens (tertiary/aromatic N) is 1. The third-order valence-corrected chi connectivity index (χ3v) is 4.00. The minimum atomic E-state index is -0.0409. The van der Waals surface area contributed by atoms with Gasteiger partial charge >= 0.3 is 0 Å². The van der Waals surface area contributed by atoms with E-state index < -0.39 is 0 Å². The molecular formula is C16H13NO2. The van der Waals surface area contributed by atoms with Gasteiger partial charge in [-0.05, 0) is 30.4 Å².